The lowest BCUT2D eigenvalue weighted by Gasteiger charge is -2.44. The number of rotatable bonds is 26. The molecular formula is C90H139ClSi4. The van der Waals surface area contributed by atoms with Gasteiger partial charge in [0.2, 0.25) is 6.90 Å². The molecule has 0 saturated heterocycles. The molecule has 0 aromatic heterocycles. The van der Waals surface area contributed by atoms with E-state index in [1.54, 1.807) is 75.6 Å². The van der Waals surface area contributed by atoms with Gasteiger partial charge >= 0.3 is 0 Å². The fraction of sp³-hybridized carbons (Fsp3) is 0.600. The molecule has 0 aliphatic heterocycles. The lowest BCUT2D eigenvalue weighted by Crippen LogP contribution is -2.76. The van der Waals surface area contributed by atoms with E-state index >= 15 is 0 Å². The highest BCUT2D eigenvalue weighted by molar-refractivity contribution is 7.75. The van der Waals surface area contributed by atoms with Gasteiger partial charge in [-0.1, -0.05) is 332 Å². The minimum absolute atomic E-state index is 0.228. The van der Waals surface area contributed by atoms with Crippen LogP contribution >= 0.6 is 11.1 Å². The molecule has 6 rings (SSSR count). The molecule has 95 heavy (non-hydrogen) atoms. The van der Waals surface area contributed by atoms with Crippen LogP contribution in [0, 0.1) is 0 Å². The van der Waals surface area contributed by atoms with Crippen LogP contribution in [0.2, 0.25) is 0 Å². The molecule has 0 amide bonds. The van der Waals surface area contributed by atoms with E-state index < -0.39 is 30.0 Å². The predicted molar refractivity (Wildman–Crippen MR) is 440 cm³/mol. The number of hydrogen-bond acceptors (Lipinski definition) is 0. The van der Waals surface area contributed by atoms with Gasteiger partial charge in [-0.2, -0.15) is 11.1 Å². The molecule has 522 valence electrons. The van der Waals surface area contributed by atoms with Crippen molar-refractivity contribution in [2.45, 2.75) is 356 Å². The van der Waals surface area contributed by atoms with E-state index in [4.69, 9.17) is 0 Å². The van der Waals surface area contributed by atoms with Crippen molar-refractivity contribution >= 4 is 72.2 Å². The van der Waals surface area contributed by atoms with E-state index in [0.717, 1.165) is 0 Å². The Morgan fingerprint density at radius 1 is 0.221 bits per heavy atom. The molecule has 0 heterocycles. The summed E-state index contributed by atoms with van der Waals surface area (Å²) in [4.78, 5) is 0. The number of benzene rings is 6. The third kappa shape index (κ3) is 16.6. The first-order valence-corrected chi connectivity index (χ1v) is 49.4. The zero-order chi connectivity index (χ0) is 72.0. The van der Waals surface area contributed by atoms with E-state index in [0.29, 0.717) is 59.2 Å². The molecule has 5 heteroatoms. The molecule has 0 bridgehead atoms. The van der Waals surface area contributed by atoms with Crippen molar-refractivity contribution < 1.29 is 0 Å². The fourth-order valence-electron chi connectivity index (χ4n) is 15.6. The Morgan fingerprint density at radius 3 is 0.547 bits per heavy atom. The van der Waals surface area contributed by atoms with Crippen molar-refractivity contribution in [3.8, 4) is 0 Å². The Bertz CT molecular complexity index is 3350. The van der Waals surface area contributed by atoms with Crippen LogP contribution in [0.3, 0.4) is 0 Å². The standard InChI is InChI=1S/C90H139ClSi4/c1-49(2)67-37-73(55(13)14)85(74(38-67)56(15)16)92(86-75(57(17)18)39-68(50(3)4)40-76(86)58(19)20)93(87-77(59(21)22)41-69(51(5)6)42-78(87)60(23)24)94(88-79(61(25)26)43-70(52(7)8)44-80(88)62(27)28)95(91,89-81(63(29)30)45-71(53(9)10)46-82(89)64(31)32)90-83(65(33)34)47-72(54(11)12)48-84(90)66(35)36/h37-66,92H,1-36H3/b94-93-. The van der Waals surface area contributed by atoms with E-state index in [2.05, 4.69) is 322 Å². The summed E-state index contributed by atoms with van der Waals surface area (Å²) in [6.45, 7) is 87.0. The highest BCUT2D eigenvalue weighted by Gasteiger charge is 2.53. The van der Waals surface area contributed by atoms with Crippen molar-refractivity contribution in [1.29, 1.82) is 0 Å². The van der Waals surface area contributed by atoms with E-state index in [9.17, 15) is 11.1 Å². The van der Waals surface area contributed by atoms with Crippen molar-refractivity contribution in [2.75, 3.05) is 0 Å². The van der Waals surface area contributed by atoms with Crippen LogP contribution in [-0.2, 0) is 0 Å². The molecule has 0 aliphatic rings. The monoisotopic (exact) mass is 1370 g/mol. The lowest BCUT2D eigenvalue weighted by atomic mass is 9.89. The Labute approximate surface area is 596 Å². The molecule has 0 nitrogen and oxygen atoms in total. The van der Waals surface area contributed by atoms with Gasteiger partial charge in [0.15, 0.2) is 0 Å². The minimum atomic E-state index is -3.92. The van der Waals surface area contributed by atoms with Crippen LogP contribution in [0.1, 0.15) is 456 Å². The lowest BCUT2D eigenvalue weighted by molar-refractivity contribution is 0.809. The maximum atomic E-state index is 11.1. The average molecular weight is 1370 g/mol. The molecule has 6 aromatic carbocycles. The largest absolute Gasteiger partial charge is 0.224 e. The van der Waals surface area contributed by atoms with Gasteiger partial charge in [0.1, 0.15) is 8.31 Å². The van der Waals surface area contributed by atoms with Crippen molar-refractivity contribution in [2.24, 2.45) is 0 Å². The third-order valence-electron chi connectivity index (χ3n) is 21.6. The highest BCUT2D eigenvalue weighted by Crippen LogP contribution is 2.40. The Kier molecular flexibility index (Phi) is 27.5. The summed E-state index contributed by atoms with van der Waals surface area (Å²) in [5.74, 6) is 5.32. The first-order chi connectivity index (χ1) is 43.9. The molecule has 0 radical (unpaired) electrons. The second-order valence-corrected chi connectivity index (χ2v) is 58.3. The van der Waals surface area contributed by atoms with E-state index in [1.807, 2.05) is 0 Å². The second-order valence-electron chi connectivity index (χ2n) is 35.2. The second kappa shape index (κ2) is 32.4. The number of halogens is 1. The molecule has 0 aliphatic carbocycles. The molecule has 6 aromatic rings. The molecular weight excluding hydrogens is 1230 g/mol. The summed E-state index contributed by atoms with van der Waals surface area (Å²) in [6, 6.07) is 33.2. The summed E-state index contributed by atoms with van der Waals surface area (Å²) < 4.78 is 0. The van der Waals surface area contributed by atoms with Crippen LogP contribution in [0.5, 0.6) is 0 Å². The summed E-state index contributed by atoms with van der Waals surface area (Å²) in [7, 11) is -7.08. The van der Waals surface area contributed by atoms with Crippen LogP contribution in [0.15, 0.2) is 72.8 Å². The first-order valence-electron chi connectivity index (χ1n) is 38.5. The van der Waals surface area contributed by atoms with Gasteiger partial charge in [0.05, 0.1) is 0 Å². The minimum Gasteiger partial charge on any atom is -0.155 e. The topological polar surface area (TPSA) is 0 Å². The highest BCUT2D eigenvalue weighted by atomic mass is 35.6. The molecule has 0 N–H and O–H groups in total. The smallest absolute Gasteiger partial charge is 0.155 e. The molecule has 0 saturated carbocycles. The van der Waals surface area contributed by atoms with E-state index in [-0.39, 0.29) is 47.3 Å². The summed E-state index contributed by atoms with van der Waals surface area (Å²) >= 11 is 11.1. The van der Waals surface area contributed by atoms with Gasteiger partial charge in [-0.3, -0.25) is 0 Å². The first kappa shape index (κ1) is 80.5. The Morgan fingerprint density at radius 2 is 0.379 bits per heavy atom. The van der Waals surface area contributed by atoms with Crippen molar-refractivity contribution in [1.82, 2.24) is 0 Å². The van der Waals surface area contributed by atoms with Gasteiger partial charge in [-0.05, 0) is 227 Å². The molecule has 0 unspecified atom stereocenters. The molecule has 0 fully saturated rings. The zero-order valence-corrected chi connectivity index (χ0v) is 72.7. The fourth-order valence-corrected chi connectivity index (χ4v) is 74.1. The maximum Gasteiger partial charge on any atom is 0.224 e. The van der Waals surface area contributed by atoms with Gasteiger partial charge in [-0.25, -0.2) is 0 Å². The summed E-state index contributed by atoms with van der Waals surface area (Å²) in [5.41, 5.74) is 27.7. The van der Waals surface area contributed by atoms with Crippen LogP contribution in [0.25, 0.3) is 0 Å². The Balaban J connectivity index is 2.55. The SMILES string of the molecule is CC(C)c1cc(C(C)C)c(/[Si](=[Si](\c2c(C(C)C)cc(C(C)C)cc2C(C)C)[Si](Cl)(c2c(C(C)C)cc(C(C)C)cc2C(C)C)c2c(C(C)C)cc(C(C)C)cc2C(C)C)[SiH](c2c(C(C)C)cc(C(C)C)cc2C(C)C)c2c(C(C)C)cc(C(C)C)cc2C(C)C)c(C(C)C)c1. The van der Waals surface area contributed by atoms with E-state index in [1.165, 1.54) is 55.6 Å². The van der Waals surface area contributed by atoms with Crippen LogP contribution < -0.4 is 31.1 Å². The average Bonchev–Trinajstić information content (AvgIpc) is 0.691. The van der Waals surface area contributed by atoms with Crippen molar-refractivity contribution in [3.05, 3.63) is 173 Å². The Hall–Kier alpha value is -3.52. The van der Waals surface area contributed by atoms with Gasteiger partial charge < -0.3 is 0 Å². The van der Waals surface area contributed by atoms with Crippen molar-refractivity contribution in [3.63, 3.8) is 0 Å². The zero-order valence-electron chi connectivity index (χ0n) is 67.8. The summed E-state index contributed by atoms with van der Waals surface area (Å²) in [6.07, 6.45) is 0. The van der Waals surface area contributed by atoms with Gasteiger partial charge in [-0.15, -0.1) is 0 Å². The van der Waals surface area contributed by atoms with Crippen LogP contribution in [0.4, 0.5) is 0 Å². The van der Waals surface area contributed by atoms with Crippen LogP contribution in [-0.4, -0.2) is 30.0 Å². The predicted octanol–water partition coefficient (Wildman–Crippen LogP) is 24.3. The quantitative estimate of drug-likeness (QED) is 0.0375. The summed E-state index contributed by atoms with van der Waals surface area (Å²) in [5, 5.41) is 10.2. The third-order valence-corrected chi connectivity index (χ3v) is 60.2. The molecule has 0 spiro atoms. The normalized spacial score (nSPS) is 13.4. The molecule has 0 atom stereocenters. The number of hydrogen-bond donors (Lipinski definition) is 0. The van der Waals surface area contributed by atoms with Gasteiger partial charge in [0, 0.05) is 14.8 Å². The maximum absolute atomic E-state index is 11.1. The van der Waals surface area contributed by atoms with Gasteiger partial charge in [0.25, 0.3) is 0 Å².